The summed E-state index contributed by atoms with van der Waals surface area (Å²) in [6.07, 6.45) is -2.35. The number of esters is 1. The second kappa shape index (κ2) is 11.0. The lowest BCUT2D eigenvalue weighted by molar-refractivity contribution is -0.147. The summed E-state index contributed by atoms with van der Waals surface area (Å²) in [6, 6.07) is 4.98. The Morgan fingerprint density at radius 3 is 1.76 bits per heavy atom. The van der Waals surface area contributed by atoms with Crippen LogP contribution in [0, 0.1) is 6.92 Å². The first-order valence-electron chi connectivity index (χ1n) is 10.6. The third-order valence-electron chi connectivity index (χ3n) is 4.24. The van der Waals surface area contributed by atoms with Crippen molar-refractivity contribution in [2.24, 2.45) is 0 Å². The van der Waals surface area contributed by atoms with Gasteiger partial charge in [0.1, 0.15) is 17.2 Å². The summed E-state index contributed by atoms with van der Waals surface area (Å²) in [5.41, 5.74) is -0.982. The fourth-order valence-corrected chi connectivity index (χ4v) is 4.10. The number of methoxy groups -OCH3 is 1. The van der Waals surface area contributed by atoms with Crippen molar-refractivity contribution in [2.75, 3.05) is 12.9 Å². The van der Waals surface area contributed by atoms with E-state index in [-0.39, 0.29) is 23.5 Å². The maximum Gasteiger partial charge on any atom is 0.420 e. The van der Waals surface area contributed by atoms with Crippen molar-refractivity contribution in [3.63, 3.8) is 0 Å². The van der Waals surface area contributed by atoms with Gasteiger partial charge in [-0.1, -0.05) is 17.7 Å². The van der Waals surface area contributed by atoms with Crippen molar-refractivity contribution in [2.45, 2.75) is 83.4 Å². The van der Waals surface area contributed by atoms with Crippen LogP contribution in [-0.2, 0) is 28.8 Å². The molecule has 1 aromatic rings. The molecular formula is C23H35NO8S. The molecule has 0 unspecified atom stereocenters. The molecule has 0 heterocycles. The van der Waals surface area contributed by atoms with Crippen LogP contribution in [0.5, 0.6) is 0 Å². The number of benzene rings is 1. The molecule has 0 spiro atoms. The van der Waals surface area contributed by atoms with Gasteiger partial charge in [-0.2, -0.15) is 4.90 Å². The van der Waals surface area contributed by atoms with Crippen molar-refractivity contribution in [3.8, 4) is 0 Å². The highest BCUT2D eigenvalue weighted by Gasteiger charge is 2.40. The van der Waals surface area contributed by atoms with Gasteiger partial charge in [0, 0.05) is 0 Å². The van der Waals surface area contributed by atoms with Crippen LogP contribution in [0.1, 0.15) is 59.9 Å². The number of carbonyl (C=O) groups excluding carboxylic acids is 3. The number of hydrogen-bond donors (Lipinski definition) is 0. The van der Waals surface area contributed by atoms with Gasteiger partial charge in [0.25, 0.3) is 0 Å². The van der Waals surface area contributed by atoms with Gasteiger partial charge in [0.2, 0.25) is 0 Å². The summed E-state index contributed by atoms with van der Waals surface area (Å²) < 4.78 is 40.7. The SMILES string of the molecule is COC(=O)[C@@H](CCCS(=O)(=O)c1ccc(C)cc1)N(C(=O)OC(C)(C)C)C(=O)OC(C)(C)C. The van der Waals surface area contributed by atoms with Gasteiger partial charge in [-0.05, 0) is 73.4 Å². The molecule has 1 rings (SSSR count). The quantitative estimate of drug-likeness (QED) is 0.415. The van der Waals surface area contributed by atoms with E-state index in [1.54, 1.807) is 53.7 Å². The second-order valence-corrected chi connectivity index (χ2v) is 11.8. The van der Waals surface area contributed by atoms with Gasteiger partial charge >= 0.3 is 18.2 Å². The van der Waals surface area contributed by atoms with E-state index in [1.165, 1.54) is 12.1 Å². The van der Waals surface area contributed by atoms with E-state index >= 15 is 0 Å². The first-order chi connectivity index (χ1) is 15.0. The zero-order chi connectivity index (χ0) is 25.6. The zero-order valence-electron chi connectivity index (χ0n) is 20.6. The van der Waals surface area contributed by atoms with E-state index in [0.29, 0.717) is 4.90 Å². The van der Waals surface area contributed by atoms with E-state index in [2.05, 4.69) is 0 Å². The first kappa shape index (κ1) is 28.4. The molecule has 0 saturated heterocycles. The fourth-order valence-electron chi connectivity index (χ4n) is 2.77. The molecule has 9 nitrogen and oxygen atoms in total. The van der Waals surface area contributed by atoms with E-state index < -0.39 is 45.2 Å². The molecule has 0 aliphatic heterocycles. The number of amides is 2. The molecule has 0 bridgehead atoms. The van der Waals surface area contributed by atoms with Crippen LogP contribution in [0.2, 0.25) is 0 Å². The van der Waals surface area contributed by atoms with Crippen molar-refractivity contribution in [1.29, 1.82) is 0 Å². The van der Waals surface area contributed by atoms with Gasteiger partial charge in [0.05, 0.1) is 17.8 Å². The molecule has 0 N–H and O–H groups in total. The minimum atomic E-state index is -3.63. The van der Waals surface area contributed by atoms with E-state index in [1.807, 2.05) is 6.92 Å². The summed E-state index contributed by atoms with van der Waals surface area (Å²) in [4.78, 5) is 38.9. The second-order valence-electron chi connectivity index (χ2n) is 9.64. The summed E-state index contributed by atoms with van der Waals surface area (Å²) in [6.45, 7) is 11.5. The molecule has 186 valence electrons. The van der Waals surface area contributed by atoms with Crippen LogP contribution >= 0.6 is 0 Å². The van der Waals surface area contributed by atoms with E-state index in [9.17, 15) is 22.8 Å². The predicted octanol–water partition coefficient (Wildman–Crippen LogP) is 4.26. The monoisotopic (exact) mass is 485 g/mol. The van der Waals surface area contributed by atoms with Crippen molar-refractivity contribution in [1.82, 2.24) is 4.90 Å². The van der Waals surface area contributed by atoms with Crippen molar-refractivity contribution >= 4 is 28.0 Å². The third kappa shape index (κ3) is 9.41. The predicted molar refractivity (Wildman–Crippen MR) is 123 cm³/mol. The minimum Gasteiger partial charge on any atom is -0.467 e. The number of sulfone groups is 1. The Balaban J connectivity index is 3.16. The Bertz CT molecular complexity index is 912. The van der Waals surface area contributed by atoms with Crippen LogP contribution in [0.15, 0.2) is 29.2 Å². The molecular weight excluding hydrogens is 450 g/mol. The minimum absolute atomic E-state index is 0.0158. The average Bonchev–Trinajstić information content (AvgIpc) is 2.63. The van der Waals surface area contributed by atoms with Gasteiger partial charge in [-0.3, -0.25) is 0 Å². The topological polar surface area (TPSA) is 116 Å². The molecule has 0 radical (unpaired) electrons. The number of imide groups is 1. The molecule has 2 amide bonds. The Morgan fingerprint density at radius 1 is 0.909 bits per heavy atom. The highest BCUT2D eigenvalue weighted by atomic mass is 32.2. The van der Waals surface area contributed by atoms with Crippen LogP contribution in [0.25, 0.3) is 0 Å². The molecule has 1 aromatic carbocycles. The third-order valence-corrected chi connectivity index (χ3v) is 6.05. The molecule has 0 aromatic heterocycles. The fraction of sp³-hybridized carbons (Fsp3) is 0.609. The lowest BCUT2D eigenvalue weighted by Gasteiger charge is -2.32. The van der Waals surface area contributed by atoms with Gasteiger partial charge < -0.3 is 14.2 Å². The van der Waals surface area contributed by atoms with Gasteiger partial charge in [-0.15, -0.1) is 0 Å². The highest BCUT2D eigenvalue weighted by molar-refractivity contribution is 7.91. The molecule has 0 saturated carbocycles. The Morgan fingerprint density at radius 2 is 1.36 bits per heavy atom. The highest BCUT2D eigenvalue weighted by Crippen LogP contribution is 2.21. The summed E-state index contributed by atoms with van der Waals surface area (Å²) in [5.74, 6) is -1.18. The lowest BCUT2D eigenvalue weighted by atomic mass is 10.1. The van der Waals surface area contributed by atoms with Crippen LogP contribution in [0.3, 0.4) is 0 Å². The van der Waals surface area contributed by atoms with Crippen LogP contribution in [-0.4, -0.2) is 61.6 Å². The Kier molecular flexibility index (Phi) is 9.47. The number of rotatable bonds is 7. The first-order valence-corrected chi connectivity index (χ1v) is 12.2. The zero-order valence-corrected chi connectivity index (χ0v) is 21.4. The smallest absolute Gasteiger partial charge is 0.420 e. The maximum absolute atomic E-state index is 12.8. The molecule has 33 heavy (non-hydrogen) atoms. The normalized spacial score (nSPS) is 13.1. The molecule has 0 aliphatic carbocycles. The van der Waals surface area contributed by atoms with E-state index in [4.69, 9.17) is 14.2 Å². The van der Waals surface area contributed by atoms with Gasteiger partial charge in [0.15, 0.2) is 9.84 Å². The molecule has 0 fully saturated rings. The summed E-state index contributed by atoms with van der Waals surface area (Å²) in [7, 11) is -2.52. The number of ether oxygens (including phenoxy) is 3. The Labute approximate surface area is 196 Å². The lowest BCUT2D eigenvalue weighted by Crippen LogP contribution is -2.52. The van der Waals surface area contributed by atoms with Crippen molar-refractivity contribution in [3.05, 3.63) is 29.8 Å². The molecule has 10 heteroatoms. The van der Waals surface area contributed by atoms with Gasteiger partial charge in [-0.25, -0.2) is 22.8 Å². The van der Waals surface area contributed by atoms with Crippen molar-refractivity contribution < 1.29 is 37.0 Å². The van der Waals surface area contributed by atoms with Crippen LogP contribution < -0.4 is 0 Å². The number of hydrogen-bond acceptors (Lipinski definition) is 8. The number of aryl methyl sites for hydroxylation is 1. The number of nitrogens with zero attached hydrogens (tertiary/aromatic N) is 1. The van der Waals surface area contributed by atoms with Crippen LogP contribution in [0.4, 0.5) is 9.59 Å². The Hall–Kier alpha value is -2.62. The molecule has 1 atom stereocenters. The maximum atomic E-state index is 12.8. The largest absolute Gasteiger partial charge is 0.467 e. The number of carbonyl (C=O) groups is 3. The average molecular weight is 486 g/mol. The van der Waals surface area contributed by atoms with E-state index in [0.717, 1.165) is 12.7 Å². The summed E-state index contributed by atoms with van der Waals surface area (Å²) >= 11 is 0. The standard InChI is InChI=1S/C23H35NO8S/c1-16-11-13-17(14-12-16)33(28,29)15-9-10-18(19(25)30-8)24(20(26)31-22(2,3)4)21(27)32-23(5,6)7/h11-14,18H,9-10,15H2,1-8H3/t18-/m1/s1. The molecule has 0 aliphatic rings. The summed E-state index contributed by atoms with van der Waals surface area (Å²) in [5, 5.41) is 0.